The molecular formula is C8H5ClO5-2. The van der Waals surface area contributed by atoms with E-state index in [4.69, 9.17) is 15.0 Å². The van der Waals surface area contributed by atoms with Crippen LogP contribution in [0.3, 0.4) is 0 Å². The summed E-state index contributed by atoms with van der Waals surface area (Å²) in [6, 6.07) is 5.54. The van der Waals surface area contributed by atoms with Crippen molar-refractivity contribution < 1.29 is 24.9 Å². The Bertz CT molecular complexity index is 332. The molecule has 0 unspecified atom stereocenters. The molecule has 0 aliphatic heterocycles. The Balaban J connectivity index is 0.000000364. The predicted molar refractivity (Wildman–Crippen MR) is 44.1 cm³/mol. The molecule has 0 saturated carbocycles. The molecule has 1 N–H and O–H groups in total. The lowest BCUT2D eigenvalue weighted by Gasteiger charge is -2.07. The molecule has 14 heavy (non-hydrogen) atoms. The van der Waals surface area contributed by atoms with Crippen LogP contribution in [0.15, 0.2) is 24.3 Å². The Morgan fingerprint density at radius 2 is 1.71 bits per heavy atom. The van der Waals surface area contributed by atoms with Gasteiger partial charge in [-0.1, -0.05) is 35.5 Å². The van der Waals surface area contributed by atoms with E-state index >= 15 is 0 Å². The highest BCUT2D eigenvalue weighted by molar-refractivity contribution is 6.59. The van der Waals surface area contributed by atoms with Gasteiger partial charge in [0.25, 0.3) is 0 Å². The second-order valence-electron chi connectivity index (χ2n) is 2.04. The summed E-state index contributed by atoms with van der Waals surface area (Å²) in [6.07, 6.45) is 0. The minimum absolute atomic E-state index is 0.178. The number of benzene rings is 1. The summed E-state index contributed by atoms with van der Waals surface area (Å²) in [4.78, 5) is 18.9. The Kier molecular flexibility index (Phi) is 5.09. The molecule has 76 valence electrons. The van der Waals surface area contributed by atoms with E-state index in [2.05, 4.69) is 11.6 Å². The predicted octanol–water partition coefficient (Wildman–Crippen LogP) is 0.0269. The molecule has 0 aromatic heterocycles. The van der Waals surface area contributed by atoms with Gasteiger partial charge in [-0.3, -0.25) is 0 Å². The van der Waals surface area contributed by atoms with Crippen LogP contribution in [-0.2, 0) is 0 Å². The van der Waals surface area contributed by atoms with E-state index in [0.29, 0.717) is 0 Å². The lowest BCUT2D eigenvalue weighted by molar-refractivity contribution is -0.268. The first kappa shape index (κ1) is 12.2. The first-order valence-corrected chi connectivity index (χ1v) is 3.68. The second kappa shape index (κ2) is 5.82. The monoisotopic (exact) mass is 216 g/mol. The molecule has 0 fully saturated rings. The van der Waals surface area contributed by atoms with Gasteiger partial charge < -0.3 is 20.1 Å². The van der Waals surface area contributed by atoms with Crippen LogP contribution in [0.2, 0.25) is 0 Å². The normalized spacial score (nSPS) is 8.36. The first-order chi connectivity index (χ1) is 6.45. The van der Waals surface area contributed by atoms with E-state index in [1.165, 1.54) is 24.3 Å². The van der Waals surface area contributed by atoms with Crippen LogP contribution in [0.1, 0.15) is 10.4 Å². The molecule has 0 heterocycles. The summed E-state index contributed by atoms with van der Waals surface area (Å²) < 4.78 is 0. The molecule has 0 aliphatic rings. The van der Waals surface area contributed by atoms with Crippen molar-refractivity contribution in [2.24, 2.45) is 0 Å². The molecule has 5 nitrogen and oxygen atoms in total. The van der Waals surface area contributed by atoms with Crippen LogP contribution in [-0.4, -0.2) is 16.5 Å². The Hall–Kier alpha value is -1.75. The topological polar surface area (TPSA) is 100 Å². The van der Waals surface area contributed by atoms with Crippen molar-refractivity contribution in [1.29, 1.82) is 0 Å². The zero-order valence-electron chi connectivity index (χ0n) is 6.77. The summed E-state index contributed by atoms with van der Waals surface area (Å²) in [5, 5.41) is 27.7. The standard InChI is InChI=1S/C7H6O3.CHClO2/c8-6-4-2-1-3-5(6)7(9)10;2-1(3)4/h1-4,8H,(H,9,10);(H,3,4)/p-2. The summed E-state index contributed by atoms with van der Waals surface area (Å²) in [5.74, 6) is -1.62. The summed E-state index contributed by atoms with van der Waals surface area (Å²) in [7, 11) is 0. The van der Waals surface area contributed by atoms with Gasteiger partial charge in [0.15, 0.2) is 0 Å². The SMILES string of the molecule is O=C(O)c1ccccc1[O-].O=C([O-])Cl. The lowest BCUT2D eigenvalue weighted by Crippen LogP contribution is -2.11. The molecule has 0 saturated heterocycles. The van der Waals surface area contributed by atoms with Crippen molar-refractivity contribution >= 4 is 23.0 Å². The lowest BCUT2D eigenvalue weighted by atomic mass is 10.2. The van der Waals surface area contributed by atoms with Crippen molar-refractivity contribution in [3.63, 3.8) is 0 Å². The van der Waals surface area contributed by atoms with Gasteiger partial charge in [-0.2, -0.15) is 0 Å². The summed E-state index contributed by atoms with van der Waals surface area (Å²) in [6.45, 7) is 0. The molecule has 0 atom stereocenters. The van der Waals surface area contributed by atoms with Crippen LogP contribution >= 0.6 is 11.6 Å². The van der Waals surface area contributed by atoms with Gasteiger partial charge >= 0.3 is 5.97 Å². The average molecular weight is 217 g/mol. The third-order valence-corrected chi connectivity index (χ3v) is 1.12. The highest BCUT2D eigenvalue weighted by atomic mass is 35.5. The van der Waals surface area contributed by atoms with E-state index in [1.807, 2.05) is 0 Å². The molecule has 0 radical (unpaired) electrons. The Morgan fingerprint density at radius 3 is 2.00 bits per heavy atom. The van der Waals surface area contributed by atoms with Crippen LogP contribution in [0.5, 0.6) is 5.75 Å². The summed E-state index contributed by atoms with van der Waals surface area (Å²) >= 11 is 4.08. The number of para-hydroxylation sites is 1. The van der Waals surface area contributed by atoms with Crippen LogP contribution in [0.4, 0.5) is 4.79 Å². The van der Waals surface area contributed by atoms with Gasteiger partial charge in [-0.05, 0) is 6.07 Å². The number of aromatic carboxylic acids is 1. The van der Waals surface area contributed by atoms with E-state index in [0.717, 1.165) is 0 Å². The van der Waals surface area contributed by atoms with Gasteiger partial charge in [0, 0.05) is 0 Å². The maximum Gasteiger partial charge on any atom is 0.335 e. The van der Waals surface area contributed by atoms with Gasteiger partial charge in [0.2, 0.25) is 0 Å². The molecule has 0 amide bonds. The van der Waals surface area contributed by atoms with Crippen LogP contribution in [0, 0.1) is 0 Å². The van der Waals surface area contributed by atoms with Gasteiger partial charge in [0.1, 0.15) is 5.43 Å². The third kappa shape index (κ3) is 5.00. The van der Waals surface area contributed by atoms with Crippen molar-refractivity contribution in [2.75, 3.05) is 0 Å². The fourth-order valence-corrected chi connectivity index (χ4v) is 0.643. The molecular weight excluding hydrogens is 212 g/mol. The largest absolute Gasteiger partial charge is 0.872 e. The molecule has 1 rings (SSSR count). The van der Waals surface area contributed by atoms with Crippen molar-refractivity contribution in [2.45, 2.75) is 0 Å². The highest BCUT2D eigenvalue weighted by Crippen LogP contribution is 2.10. The highest BCUT2D eigenvalue weighted by Gasteiger charge is 1.99. The second-order valence-corrected chi connectivity index (χ2v) is 2.35. The number of carboxylic acid groups (broad SMARTS) is 2. The minimum Gasteiger partial charge on any atom is -0.872 e. The van der Waals surface area contributed by atoms with E-state index < -0.39 is 17.1 Å². The number of carboxylic acids is 1. The zero-order chi connectivity index (χ0) is 11.1. The Morgan fingerprint density at radius 1 is 1.29 bits per heavy atom. The fourth-order valence-electron chi connectivity index (χ4n) is 0.643. The number of hydrogen-bond acceptors (Lipinski definition) is 4. The number of carbonyl (C=O) groups is 2. The fraction of sp³-hybridized carbons (Fsp3) is 0. The summed E-state index contributed by atoms with van der Waals surface area (Å²) in [5.41, 5.74) is -1.79. The molecule has 0 bridgehead atoms. The smallest absolute Gasteiger partial charge is 0.335 e. The van der Waals surface area contributed by atoms with E-state index in [1.54, 1.807) is 0 Å². The molecule has 6 heteroatoms. The number of hydrogen-bond donors (Lipinski definition) is 1. The maximum absolute atomic E-state index is 10.7. The molecule has 1 aromatic carbocycles. The van der Waals surface area contributed by atoms with Crippen LogP contribution < -0.4 is 10.2 Å². The first-order valence-electron chi connectivity index (χ1n) is 3.31. The minimum atomic E-state index is -1.61. The van der Waals surface area contributed by atoms with Gasteiger partial charge in [0.05, 0.1) is 5.56 Å². The molecule has 0 aliphatic carbocycles. The average Bonchev–Trinajstić information content (AvgIpc) is 2.03. The maximum atomic E-state index is 10.7. The number of halogens is 1. The van der Waals surface area contributed by atoms with E-state index in [-0.39, 0.29) is 5.56 Å². The van der Waals surface area contributed by atoms with Crippen molar-refractivity contribution in [3.05, 3.63) is 29.8 Å². The quantitative estimate of drug-likeness (QED) is 0.668. The van der Waals surface area contributed by atoms with E-state index in [9.17, 15) is 9.90 Å². The molecule has 0 spiro atoms. The van der Waals surface area contributed by atoms with Gasteiger partial charge in [-0.25, -0.2) is 4.79 Å². The van der Waals surface area contributed by atoms with Crippen molar-refractivity contribution in [3.8, 4) is 5.75 Å². The van der Waals surface area contributed by atoms with Gasteiger partial charge in [-0.15, -0.1) is 0 Å². The number of rotatable bonds is 1. The third-order valence-electron chi connectivity index (χ3n) is 1.12. The molecule has 1 aromatic rings. The van der Waals surface area contributed by atoms with Crippen LogP contribution in [0.25, 0.3) is 0 Å². The van der Waals surface area contributed by atoms with Crippen molar-refractivity contribution in [1.82, 2.24) is 0 Å². The zero-order valence-corrected chi connectivity index (χ0v) is 7.52. The number of carbonyl (C=O) groups excluding carboxylic acids is 1. The Labute approximate surface area is 84.2 Å².